The Morgan fingerprint density at radius 1 is 1.18 bits per heavy atom. The molecular weight excluding hydrogens is 507 g/mol. The van der Waals surface area contributed by atoms with Crippen LogP contribution in [-0.4, -0.2) is 33.7 Å². The second-order valence-corrected chi connectivity index (χ2v) is 9.58. The summed E-state index contributed by atoms with van der Waals surface area (Å²) in [4.78, 5) is 38.3. The van der Waals surface area contributed by atoms with Crippen molar-refractivity contribution in [3.63, 3.8) is 0 Å². The number of carbonyl (C=O) groups is 2. The van der Waals surface area contributed by atoms with Gasteiger partial charge in [0.15, 0.2) is 5.75 Å². The lowest BCUT2D eigenvalue weighted by Crippen LogP contribution is -2.39. The maximum absolute atomic E-state index is 13.4. The fraction of sp³-hybridized carbons (Fsp3) is 0.308. The van der Waals surface area contributed by atoms with Gasteiger partial charge >= 0.3 is 12.1 Å². The van der Waals surface area contributed by atoms with Crippen LogP contribution in [0.1, 0.15) is 53.9 Å². The molecule has 1 unspecified atom stereocenters. The molecule has 4 rings (SSSR count). The normalized spacial score (nSPS) is 14.9. The molecule has 9 nitrogen and oxygen atoms in total. The molecule has 1 aliphatic rings. The number of nitrogens with zero attached hydrogens (tertiary/aromatic N) is 2. The summed E-state index contributed by atoms with van der Waals surface area (Å²) < 4.78 is 51.2. The predicted molar refractivity (Wildman–Crippen MR) is 128 cm³/mol. The molecule has 198 valence electrons. The number of benzene rings is 2. The molecular formula is C26H22F3N3O6. The van der Waals surface area contributed by atoms with E-state index in [1.54, 1.807) is 20.8 Å². The van der Waals surface area contributed by atoms with E-state index in [2.05, 4.69) is 5.32 Å². The highest BCUT2D eigenvalue weighted by atomic mass is 19.4. The summed E-state index contributed by atoms with van der Waals surface area (Å²) in [5.41, 5.74) is -2.90. The van der Waals surface area contributed by atoms with Crippen LogP contribution in [0.15, 0.2) is 41.2 Å². The summed E-state index contributed by atoms with van der Waals surface area (Å²) in [7, 11) is 0. The SMILES string of the molecule is CC(C)(C)OC(=O)CNC(=O)c1c(O)c2ccc(C#N)c3c2n(c1=O)CC(c1ccc(C(F)(F)F)cc1)O3. The number of pyridine rings is 1. The van der Waals surface area contributed by atoms with Crippen molar-refractivity contribution in [1.29, 1.82) is 5.26 Å². The Morgan fingerprint density at radius 2 is 1.84 bits per heavy atom. The van der Waals surface area contributed by atoms with Crippen molar-refractivity contribution in [2.45, 2.75) is 45.2 Å². The molecule has 2 aromatic carbocycles. The Balaban J connectivity index is 1.77. The first-order valence-electron chi connectivity index (χ1n) is 11.4. The predicted octanol–water partition coefficient (Wildman–Crippen LogP) is 3.80. The zero-order valence-corrected chi connectivity index (χ0v) is 20.5. The molecule has 0 aliphatic carbocycles. The van der Waals surface area contributed by atoms with Gasteiger partial charge in [0.25, 0.3) is 11.5 Å². The van der Waals surface area contributed by atoms with Gasteiger partial charge in [0.1, 0.15) is 35.6 Å². The minimum atomic E-state index is -4.55. The number of nitriles is 1. The lowest BCUT2D eigenvalue weighted by atomic mass is 10.0. The molecule has 38 heavy (non-hydrogen) atoms. The van der Waals surface area contributed by atoms with Gasteiger partial charge in [-0.15, -0.1) is 0 Å². The van der Waals surface area contributed by atoms with E-state index in [0.29, 0.717) is 5.56 Å². The van der Waals surface area contributed by atoms with Gasteiger partial charge in [0.05, 0.1) is 23.2 Å². The molecule has 0 spiro atoms. The van der Waals surface area contributed by atoms with Crippen LogP contribution >= 0.6 is 0 Å². The third kappa shape index (κ3) is 5.00. The first-order valence-corrected chi connectivity index (χ1v) is 11.4. The Kier molecular flexibility index (Phi) is 6.57. The lowest BCUT2D eigenvalue weighted by Gasteiger charge is -2.29. The van der Waals surface area contributed by atoms with Gasteiger partial charge in [-0.3, -0.25) is 19.0 Å². The van der Waals surface area contributed by atoms with Gasteiger partial charge < -0.3 is 19.9 Å². The van der Waals surface area contributed by atoms with Crippen LogP contribution in [0.4, 0.5) is 13.2 Å². The number of alkyl halides is 3. The first-order chi connectivity index (χ1) is 17.7. The number of esters is 1. The number of halogens is 3. The first kappa shape index (κ1) is 26.5. The molecule has 1 atom stereocenters. The molecule has 1 aromatic heterocycles. The van der Waals surface area contributed by atoms with Crippen molar-refractivity contribution in [3.8, 4) is 17.6 Å². The number of aromatic hydroxyl groups is 1. The van der Waals surface area contributed by atoms with E-state index in [-0.39, 0.29) is 28.8 Å². The van der Waals surface area contributed by atoms with Gasteiger partial charge in [0.2, 0.25) is 0 Å². The molecule has 3 aromatic rings. The summed E-state index contributed by atoms with van der Waals surface area (Å²) >= 11 is 0. The van der Waals surface area contributed by atoms with Crippen molar-refractivity contribution >= 4 is 22.8 Å². The molecule has 1 amide bonds. The standard InChI is InChI=1S/C26H22F3N3O6/c1-25(2,3)38-18(33)11-31-23(35)19-21(34)16-9-6-14(10-30)22-20(16)32(24(19)36)12-17(37-22)13-4-7-15(8-5-13)26(27,28)29/h4-9,17,34H,11-12H2,1-3H3,(H,31,35). The summed E-state index contributed by atoms with van der Waals surface area (Å²) in [5, 5.41) is 22.7. The van der Waals surface area contributed by atoms with Crippen molar-refractivity contribution in [1.82, 2.24) is 9.88 Å². The zero-order chi connectivity index (χ0) is 28.0. The minimum absolute atomic E-state index is 0.0174. The van der Waals surface area contributed by atoms with Crippen molar-refractivity contribution in [2.24, 2.45) is 0 Å². The highest BCUT2D eigenvalue weighted by Gasteiger charge is 2.33. The average Bonchev–Trinajstić information content (AvgIpc) is 2.84. The maximum atomic E-state index is 13.4. The lowest BCUT2D eigenvalue weighted by molar-refractivity contribution is -0.153. The van der Waals surface area contributed by atoms with E-state index in [1.165, 1.54) is 24.3 Å². The Bertz CT molecular complexity index is 1550. The van der Waals surface area contributed by atoms with Gasteiger partial charge in [-0.1, -0.05) is 12.1 Å². The van der Waals surface area contributed by atoms with Crippen LogP contribution in [0.25, 0.3) is 10.9 Å². The summed E-state index contributed by atoms with van der Waals surface area (Å²) in [5.74, 6) is -2.53. The fourth-order valence-electron chi connectivity index (χ4n) is 4.11. The summed E-state index contributed by atoms with van der Waals surface area (Å²) in [6.45, 7) is 4.13. The van der Waals surface area contributed by atoms with Gasteiger partial charge in [-0.2, -0.15) is 18.4 Å². The number of hydrogen-bond acceptors (Lipinski definition) is 7. The van der Waals surface area contributed by atoms with Crippen molar-refractivity contribution in [2.75, 3.05) is 6.54 Å². The van der Waals surface area contributed by atoms with E-state index >= 15 is 0 Å². The Labute approximate surface area is 214 Å². The molecule has 2 N–H and O–H groups in total. The highest BCUT2D eigenvalue weighted by molar-refractivity contribution is 6.04. The molecule has 0 fully saturated rings. The molecule has 0 radical (unpaired) electrons. The molecule has 12 heteroatoms. The second kappa shape index (κ2) is 9.41. The molecule has 0 bridgehead atoms. The summed E-state index contributed by atoms with van der Waals surface area (Å²) in [6, 6.07) is 8.73. The monoisotopic (exact) mass is 529 g/mol. The Morgan fingerprint density at radius 3 is 2.42 bits per heavy atom. The number of rotatable bonds is 4. The van der Waals surface area contributed by atoms with E-state index in [1.807, 2.05) is 6.07 Å². The fourth-order valence-corrected chi connectivity index (χ4v) is 4.11. The quantitative estimate of drug-likeness (QED) is 0.492. The van der Waals surface area contributed by atoms with E-state index in [9.17, 15) is 37.9 Å². The molecule has 2 heterocycles. The van der Waals surface area contributed by atoms with Crippen molar-refractivity contribution < 1.29 is 37.3 Å². The second-order valence-electron chi connectivity index (χ2n) is 9.58. The Hall–Kier alpha value is -4.53. The van der Waals surface area contributed by atoms with Crippen LogP contribution in [0.5, 0.6) is 11.5 Å². The van der Waals surface area contributed by atoms with Crippen LogP contribution in [0, 0.1) is 11.3 Å². The average molecular weight is 529 g/mol. The zero-order valence-electron chi connectivity index (χ0n) is 20.5. The van der Waals surface area contributed by atoms with Crippen LogP contribution in [0.3, 0.4) is 0 Å². The third-order valence-corrected chi connectivity index (χ3v) is 5.73. The van der Waals surface area contributed by atoms with E-state index in [4.69, 9.17) is 9.47 Å². The van der Waals surface area contributed by atoms with Gasteiger partial charge in [-0.05, 0) is 50.6 Å². The molecule has 1 aliphatic heterocycles. The highest BCUT2D eigenvalue weighted by Crippen LogP contribution is 2.41. The van der Waals surface area contributed by atoms with Crippen LogP contribution < -0.4 is 15.6 Å². The van der Waals surface area contributed by atoms with Crippen LogP contribution in [0.2, 0.25) is 0 Å². The van der Waals surface area contributed by atoms with E-state index < -0.39 is 58.7 Å². The minimum Gasteiger partial charge on any atom is -0.506 e. The molecule has 0 saturated heterocycles. The number of amides is 1. The number of hydrogen-bond donors (Lipinski definition) is 2. The largest absolute Gasteiger partial charge is 0.506 e. The van der Waals surface area contributed by atoms with Gasteiger partial charge in [-0.25, -0.2) is 0 Å². The number of aromatic nitrogens is 1. The third-order valence-electron chi connectivity index (χ3n) is 5.73. The summed E-state index contributed by atoms with van der Waals surface area (Å²) in [6.07, 6.45) is -5.53. The smallest absolute Gasteiger partial charge is 0.416 e. The van der Waals surface area contributed by atoms with Crippen molar-refractivity contribution in [3.05, 3.63) is 69.0 Å². The number of ether oxygens (including phenoxy) is 2. The van der Waals surface area contributed by atoms with E-state index in [0.717, 1.165) is 16.7 Å². The maximum Gasteiger partial charge on any atom is 0.416 e. The number of carbonyl (C=O) groups excluding carboxylic acids is 2. The topological polar surface area (TPSA) is 131 Å². The number of nitrogens with one attached hydrogen (secondary N) is 1. The molecule has 0 saturated carbocycles. The van der Waals surface area contributed by atoms with Crippen LogP contribution in [-0.2, 0) is 22.3 Å². The van der Waals surface area contributed by atoms with Gasteiger partial charge in [0, 0.05) is 5.39 Å².